The number of carbonyl (C=O) groups excluding carboxylic acids is 2. The Labute approximate surface area is 121 Å². The summed E-state index contributed by atoms with van der Waals surface area (Å²) in [7, 11) is 1.34. The van der Waals surface area contributed by atoms with E-state index in [1.54, 1.807) is 0 Å². The first-order valence-corrected chi connectivity index (χ1v) is 6.97. The molecular weight excluding hydrogens is 310 g/mol. The molecule has 19 heavy (non-hydrogen) atoms. The number of nitrogens with one attached hydrogen (secondary N) is 1. The molecule has 0 aliphatic heterocycles. The van der Waals surface area contributed by atoms with Crippen molar-refractivity contribution in [3.05, 3.63) is 34.3 Å². The van der Waals surface area contributed by atoms with Gasteiger partial charge in [-0.3, -0.25) is 9.59 Å². The van der Waals surface area contributed by atoms with Crippen molar-refractivity contribution < 1.29 is 14.3 Å². The zero-order valence-corrected chi connectivity index (χ0v) is 12.7. The Morgan fingerprint density at radius 3 is 2.47 bits per heavy atom. The minimum Gasteiger partial charge on any atom is -0.469 e. The third-order valence-corrected chi connectivity index (χ3v) is 3.21. The van der Waals surface area contributed by atoms with Gasteiger partial charge in [-0.05, 0) is 24.1 Å². The summed E-state index contributed by atoms with van der Waals surface area (Å²) in [5.74, 6) is -0.399. The van der Waals surface area contributed by atoms with Crippen LogP contribution in [0.2, 0.25) is 0 Å². The predicted molar refractivity (Wildman–Crippen MR) is 76.6 cm³/mol. The zero-order chi connectivity index (χ0) is 14.3. The van der Waals surface area contributed by atoms with Gasteiger partial charge in [0.15, 0.2) is 0 Å². The Morgan fingerprint density at radius 2 is 1.95 bits per heavy atom. The standard InChI is InChI=1S/C14H18BrNO3/c1-3-4-13(17)16-12(9-14(18)19-2)10-5-7-11(15)8-6-10/h5-8,12H,3-4,9H2,1-2H3,(H,16,17). The quantitative estimate of drug-likeness (QED) is 0.817. The van der Waals surface area contributed by atoms with Gasteiger partial charge >= 0.3 is 5.97 Å². The van der Waals surface area contributed by atoms with Crippen molar-refractivity contribution in [1.29, 1.82) is 0 Å². The SMILES string of the molecule is CCCC(=O)NC(CC(=O)OC)c1ccc(Br)cc1. The van der Waals surface area contributed by atoms with Crippen LogP contribution in [0.4, 0.5) is 0 Å². The van der Waals surface area contributed by atoms with Gasteiger partial charge < -0.3 is 10.1 Å². The Kier molecular flexibility index (Phi) is 6.56. The number of rotatable bonds is 6. The van der Waals surface area contributed by atoms with Crippen LogP contribution in [0, 0.1) is 0 Å². The maximum atomic E-state index is 11.7. The van der Waals surface area contributed by atoms with Crippen molar-refractivity contribution in [1.82, 2.24) is 5.32 Å². The third kappa shape index (κ3) is 5.42. The lowest BCUT2D eigenvalue weighted by atomic mass is 10.0. The molecule has 0 heterocycles. The Bertz CT molecular complexity index is 431. The van der Waals surface area contributed by atoms with Crippen LogP contribution in [0.3, 0.4) is 0 Å². The molecule has 0 fully saturated rings. The number of methoxy groups -OCH3 is 1. The molecule has 1 atom stereocenters. The predicted octanol–water partition coefficient (Wildman–Crippen LogP) is 2.97. The molecule has 0 aliphatic rings. The Balaban J connectivity index is 2.82. The van der Waals surface area contributed by atoms with E-state index in [4.69, 9.17) is 0 Å². The van der Waals surface area contributed by atoms with Gasteiger partial charge in [0.1, 0.15) is 0 Å². The summed E-state index contributed by atoms with van der Waals surface area (Å²) < 4.78 is 5.62. The molecule has 0 saturated carbocycles. The zero-order valence-electron chi connectivity index (χ0n) is 11.1. The summed E-state index contributed by atoms with van der Waals surface area (Å²) in [6, 6.07) is 7.17. The molecule has 0 spiro atoms. The molecule has 1 aromatic rings. The van der Waals surface area contributed by atoms with E-state index >= 15 is 0 Å². The van der Waals surface area contributed by atoms with Crippen molar-refractivity contribution in [2.24, 2.45) is 0 Å². The molecule has 1 N–H and O–H groups in total. The number of halogens is 1. The fraction of sp³-hybridized carbons (Fsp3) is 0.429. The van der Waals surface area contributed by atoms with E-state index < -0.39 is 0 Å². The van der Waals surface area contributed by atoms with Gasteiger partial charge in [0.05, 0.1) is 19.6 Å². The summed E-state index contributed by atoms with van der Waals surface area (Å²) in [5, 5.41) is 2.86. The Morgan fingerprint density at radius 1 is 1.32 bits per heavy atom. The van der Waals surface area contributed by atoms with Crippen LogP contribution in [0.5, 0.6) is 0 Å². The van der Waals surface area contributed by atoms with Gasteiger partial charge in [0.2, 0.25) is 5.91 Å². The highest BCUT2D eigenvalue weighted by Crippen LogP contribution is 2.20. The van der Waals surface area contributed by atoms with E-state index in [2.05, 4.69) is 26.0 Å². The molecule has 104 valence electrons. The van der Waals surface area contributed by atoms with Crippen LogP contribution in [-0.2, 0) is 14.3 Å². The normalized spacial score (nSPS) is 11.7. The average Bonchev–Trinajstić information content (AvgIpc) is 2.39. The minimum atomic E-state index is -0.348. The van der Waals surface area contributed by atoms with Crippen molar-refractivity contribution >= 4 is 27.8 Å². The second kappa shape index (κ2) is 7.94. The summed E-state index contributed by atoms with van der Waals surface area (Å²) >= 11 is 3.36. The summed E-state index contributed by atoms with van der Waals surface area (Å²) in [6.45, 7) is 1.94. The number of hydrogen-bond donors (Lipinski definition) is 1. The van der Waals surface area contributed by atoms with Crippen LogP contribution < -0.4 is 5.32 Å². The maximum absolute atomic E-state index is 11.7. The van der Waals surface area contributed by atoms with E-state index in [0.29, 0.717) is 6.42 Å². The number of esters is 1. The third-order valence-electron chi connectivity index (χ3n) is 2.68. The van der Waals surface area contributed by atoms with Crippen LogP contribution in [0.25, 0.3) is 0 Å². The number of ether oxygens (including phenoxy) is 1. The molecule has 0 saturated heterocycles. The highest BCUT2D eigenvalue weighted by atomic mass is 79.9. The lowest BCUT2D eigenvalue weighted by molar-refractivity contribution is -0.141. The maximum Gasteiger partial charge on any atom is 0.307 e. The van der Waals surface area contributed by atoms with E-state index in [1.165, 1.54) is 7.11 Å². The molecular formula is C14H18BrNO3. The monoisotopic (exact) mass is 327 g/mol. The molecule has 0 aliphatic carbocycles. The van der Waals surface area contributed by atoms with Gasteiger partial charge in [-0.1, -0.05) is 35.0 Å². The summed E-state index contributed by atoms with van der Waals surface area (Å²) in [5.41, 5.74) is 0.887. The van der Waals surface area contributed by atoms with Crippen LogP contribution in [0.15, 0.2) is 28.7 Å². The first-order chi connectivity index (χ1) is 9.06. The van der Waals surface area contributed by atoms with Crippen LogP contribution >= 0.6 is 15.9 Å². The van der Waals surface area contributed by atoms with E-state index in [1.807, 2.05) is 31.2 Å². The molecule has 0 bridgehead atoms. The number of hydrogen-bond acceptors (Lipinski definition) is 3. The van der Waals surface area contributed by atoms with Crippen molar-refractivity contribution in [3.63, 3.8) is 0 Å². The van der Waals surface area contributed by atoms with Crippen molar-refractivity contribution in [3.8, 4) is 0 Å². The first-order valence-electron chi connectivity index (χ1n) is 6.18. The molecule has 4 nitrogen and oxygen atoms in total. The molecule has 0 radical (unpaired) electrons. The highest BCUT2D eigenvalue weighted by Gasteiger charge is 2.18. The highest BCUT2D eigenvalue weighted by molar-refractivity contribution is 9.10. The van der Waals surface area contributed by atoms with Crippen molar-refractivity contribution in [2.75, 3.05) is 7.11 Å². The van der Waals surface area contributed by atoms with Gasteiger partial charge in [-0.2, -0.15) is 0 Å². The Hall–Kier alpha value is -1.36. The largest absolute Gasteiger partial charge is 0.469 e. The second-order valence-corrected chi connectivity index (χ2v) is 5.12. The second-order valence-electron chi connectivity index (χ2n) is 4.20. The molecule has 1 aromatic carbocycles. The summed E-state index contributed by atoms with van der Waals surface area (Å²) in [6.07, 6.45) is 1.36. The topological polar surface area (TPSA) is 55.4 Å². The smallest absolute Gasteiger partial charge is 0.307 e. The van der Waals surface area contributed by atoms with Gasteiger partial charge in [-0.15, -0.1) is 0 Å². The molecule has 5 heteroatoms. The van der Waals surface area contributed by atoms with Crippen molar-refractivity contribution in [2.45, 2.75) is 32.2 Å². The van der Waals surface area contributed by atoms with Crippen LogP contribution in [0.1, 0.15) is 37.8 Å². The summed E-state index contributed by atoms with van der Waals surface area (Å²) in [4.78, 5) is 23.1. The van der Waals surface area contributed by atoms with E-state index in [9.17, 15) is 9.59 Å². The van der Waals surface area contributed by atoms with E-state index in [0.717, 1.165) is 16.5 Å². The average molecular weight is 328 g/mol. The minimum absolute atomic E-state index is 0.0562. The number of carbonyl (C=O) groups is 2. The van der Waals surface area contributed by atoms with Gasteiger partial charge in [-0.25, -0.2) is 0 Å². The molecule has 1 amide bonds. The molecule has 1 unspecified atom stereocenters. The first kappa shape index (κ1) is 15.7. The van der Waals surface area contributed by atoms with Gasteiger partial charge in [0, 0.05) is 10.9 Å². The lowest BCUT2D eigenvalue weighted by Gasteiger charge is -2.18. The van der Waals surface area contributed by atoms with Gasteiger partial charge in [0.25, 0.3) is 0 Å². The fourth-order valence-electron chi connectivity index (χ4n) is 1.69. The molecule has 1 rings (SSSR count). The number of amides is 1. The number of benzene rings is 1. The van der Waals surface area contributed by atoms with Crippen LogP contribution in [-0.4, -0.2) is 19.0 Å². The fourth-order valence-corrected chi connectivity index (χ4v) is 1.96. The lowest BCUT2D eigenvalue weighted by Crippen LogP contribution is -2.30. The molecule has 0 aromatic heterocycles. The van der Waals surface area contributed by atoms with E-state index in [-0.39, 0.29) is 24.3 Å².